The zero-order valence-electron chi connectivity index (χ0n) is 11.8. The second-order valence-corrected chi connectivity index (χ2v) is 5.27. The van der Waals surface area contributed by atoms with E-state index >= 15 is 0 Å². The first kappa shape index (κ1) is 15.1. The Balaban J connectivity index is 1.85. The average Bonchev–Trinajstić information content (AvgIpc) is 2.92. The maximum absolute atomic E-state index is 13.6. The zero-order valence-corrected chi connectivity index (χ0v) is 12.5. The fourth-order valence-corrected chi connectivity index (χ4v) is 2.46. The van der Waals surface area contributed by atoms with E-state index in [0.717, 1.165) is 11.6 Å². The highest BCUT2D eigenvalue weighted by molar-refractivity contribution is 6.30. The molecular formula is C17H10ClFN2O2. The molecule has 0 saturated carbocycles. The number of esters is 1. The SMILES string of the molecule is N#Cc1c(COC(=O)c2cc(Cl)ccc2F)cn2ccccc12. The number of aromatic nitrogens is 1. The van der Waals surface area contributed by atoms with Gasteiger partial charge in [-0.3, -0.25) is 0 Å². The van der Waals surface area contributed by atoms with Crippen molar-refractivity contribution in [3.8, 4) is 6.07 Å². The number of hydrogen-bond donors (Lipinski definition) is 0. The van der Waals surface area contributed by atoms with Gasteiger partial charge in [-0.2, -0.15) is 5.26 Å². The summed E-state index contributed by atoms with van der Waals surface area (Å²) in [5.74, 6) is -1.54. The molecule has 1 aromatic carbocycles. The van der Waals surface area contributed by atoms with Crippen LogP contribution in [0, 0.1) is 17.1 Å². The summed E-state index contributed by atoms with van der Waals surface area (Å²) >= 11 is 5.76. The van der Waals surface area contributed by atoms with E-state index in [2.05, 4.69) is 6.07 Å². The maximum atomic E-state index is 13.6. The van der Waals surface area contributed by atoms with Crippen molar-refractivity contribution in [3.05, 3.63) is 76.3 Å². The molecule has 0 bridgehead atoms. The summed E-state index contributed by atoms with van der Waals surface area (Å²) in [5.41, 5.74) is 1.45. The van der Waals surface area contributed by atoms with Crippen molar-refractivity contribution in [2.75, 3.05) is 0 Å². The summed E-state index contributed by atoms with van der Waals surface area (Å²) in [6.07, 6.45) is 3.49. The first-order chi connectivity index (χ1) is 11.1. The fraction of sp³-hybridized carbons (Fsp3) is 0.0588. The number of nitriles is 1. The van der Waals surface area contributed by atoms with Crippen LogP contribution in [0.2, 0.25) is 5.02 Å². The second-order valence-electron chi connectivity index (χ2n) is 4.83. The van der Waals surface area contributed by atoms with Gasteiger partial charge in [-0.25, -0.2) is 9.18 Å². The number of pyridine rings is 1. The van der Waals surface area contributed by atoms with Gasteiger partial charge < -0.3 is 9.14 Å². The fourth-order valence-electron chi connectivity index (χ4n) is 2.29. The highest BCUT2D eigenvalue weighted by Crippen LogP contribution is 2.20. The quantitative estimate of drug-likeness (QED) is 0.684. The summed E-state index contributed by atoms with van der Waals surface area (Å²) in [6.45, 7) is -0.130. The van der Waals surface area contributed by atoms with Crippen LogP contribution >= 0.6 is 11.6 Å². The van der Waals surface area contributed by atoms with Gasteiger partial charge in [0.1, 0.15) is 18.5 Å². The van der Waals surface area contributed by atoms with Gasteiger partial charge in [0.15, 0.2) is 0 Å². The number of benzene rings is 1. The van der Waals surface area contributed by atoms with Crippen molar-refractivity contribution in [2.24, 2.45) is 0 Å². The Hall–Kier alpha value is -2.84. The van der Waals surface area contributed by atoms with E-state index in [9.17, 15) is 14.4 Å². The Kier molecular flexibility index (Phi) is 4.00. The van der Waals surface area contributed by atoms with Gasteiger partial charge in [0.05, 0.1) is 16.6 Å². The van der Waals surface area contributed by atoms with Crippen molar-refractivity contribution in [1.29, 1.82) is 5.26 Å². The minimum absolute atomic E-state index is 0.130. The first-order valence-corrected chi connectivity index (χ1v) is 7.09. The third-order valence-corrected chi connectivity index (χ3v) is 3.62. The van der Waals surface area contributed by atoms with Crippen LogP contribution < -0.4 is 0 Å². The van der Waals surface area contributed by atoms with Crippen LogP contribution in [0.5, 0.6) is 0 Å². The third kappa shape index (κ3) is 2.89. The van der Waals surface area contributed by atoms with Crippen molar-refractivity contribution in [3.63, 3.8) is 0 Å². The molecule has 3 rings (SSSR count). The lowest BCUT2D eigenvalue weighted by molar-refractivity contribution is 0.0467. The Bertz CT molecular complexity index is 943. The molecule has 0 fully saturated rings. The van der Waals surface area contributed by atoms with Crippen LogP contribution in [0.15, 0.2) is 48.8 Å². The number of rotatable bonds is 3. The molecule has 0 aliphatic heterocycles. The van der Waals surface area contributed by atoms with Gasteiger partial charge in [0.25, 0.3) is 0 Å². The lowest BCUT2D eigenvalue weighted by Gasteiger charge is -2.05. The number of fused-ring (bicyclic) bond motifs is 1. The molecule has 4 nitrogen and oxygen atoms in total. The Morgan fingerprint density at radius 2 is 2.17 bits per heavy atom. The third-order valence-electron chi connectivity index (χ3n) is 3.38. The Morgan fingerprint density at radius 1 is 1.35 bits per heavy atom. The van der Waals surface area contributed by atoms with Gasteiger partial charge in [0.2, 0.25) is 0 Å². The van der Waals surface area contributed by atoms with Crippen molar-refractivity contribution in [1.82, 2.24) is 4.40 Å². The summed E-state index contributed by atoms with van der Waals surface area (Å²) in [6, 6.07) is 11.2. The van der Waals surface area contributed by atoms with E-state index < -0.39 is 11.8 Å². The van der Waals surface area contributed by atoms with Crippen LogP contribution in [-0.2, 0) is 11.3 Å². The van der Waals surface area contributed by atoms with Crippen LogP contribution in [0.3, 0.4) is 0 Å². The molecule has 0 unspecified atom stereocenters. The van der Waals surface area contributed by atoms with E-state index in [1.54, 1.807) is 22.9 Å². The van der Waals surface area contributed by atoms with Gasteiger partial charge in [0, 0.05) is 23.0 Å². The highest BCUT2D eigenvalue weighted by Gasteiger charge is 2.16. The lowest BCUT2D eigenvalue weighted by atomic mass is 10.2. The first-order valence-electron chi connectivity index (χ1n) is 6.71. The molecule has 0 amide bonds. The van der Waals surface area contributed by atoms with Gasteiger partial charge in [-0.15, -0.1) is 0 Å². The molecule has 2 heterocycles. The minimum Gasteiger partial charge on any atom is -0.457 e. The number of hydrogen-bond acceptors (Lipinski definition) is 3. The number of carbonyl (C=O) groups is 1. The highest BCUT2D eigenvalue weighted by atomic mass is 35.5. The summed E-state index contributed by atoms with van der Waals surface area (Å²) < 4.78 is 20.5. The molecule has 0 radical (unpaired) electrons. The summed E-state index contributed by atoms with van der Waals surface area (Å²) in [4.78, 5) is 12.0. The van der Waals surface area contributed by atoms with Crippen molar-refractivity contribution >= 4 is 23.1 Å². The van der Waals surface area contributed by atoms with Crippen molar-refractivity contribution < 1.29 is 13.9 Å². The standard InChI is InChI=1S/C17H10ClFN2O2/c18-12-4-5-15(19)13(7-12)17(22)23-10-11-9-21-6-2-1-3-16(21)14(11)8-20/h1-7,9H,10H2. The summed E-state index contributed by atoms with van der Waals surface area (Å²) in [5, 5.41) is 9.53. The Morgan fingerprint density at radius 3 is 2.96 bits per heavy atom. The molecule has 2 aromatic heterocycles. The average molecular weight is 329 g/mol. The largest absolute Gasteiger partial charge is 0.457 e. The van der Waals surface area contributed by atoms with Crippen LogP contribution in [0.1, 0.15) is 21.5 Å². The molecule has 0 saturated heterocycles. The maximum Gasteiger partial charge on any atom is 0.341 e. The molecule has 114 valence electrons. The minimum atomic E-state index is -0.829. The lowest BCUT2D eigenvalue weighted by Crippen LogP contribution is -2.07. The number of nitrogens with zero attached hydrogens (tertiary/aromatic N) is 2. The molecule has 3 aromatic rings. The number of carbonyl (C=O) groups excluding carboxylic acids is 1. The normalized spacial score (nSPS) is 10.5. The second kappa shape index (κ2) is 6.11. The van der Waals surface area contributed by atoms with Gasteiger partial charge in [-0.05, 0) is 30.3 Å². The smallest absolute Gasteiger partial charge is 0.341 e. The van der Waals surface area contributed by atoms with E-state index in [1.807, 2.05) is 12.1 Å². The van der Waals surface area contributed by atoms with Gasteiger partial charge >= 0.3 is 5.97 Å². The Labute approximate surface area is 136 Å². The van der Waals surface area contributed by atoms with Crippen LogP contribution in [-0.4, -0.2) is 10.4 Å². The molecule has 0 atom stereocenters. The molecule has 6 heteroatoms. The van der Waals surface area contributed by atoms with E-state index in [0.29, 0.717) is 11.1 Å². The topological polar surface area (TPSA) is 54.5 Å². The molecule has 0 aliphatic rings. The number of ether oxygens (including phenoxy) is 1. The number of halogens is 2. The van der Waals surface area contributed by atoms with E-state index in [1.165, 1.54) is 12.1 Å². The molecule has 0 aliphatic carbocycles. The van der Waals surface area contributed by atoms with E-state index in [4.69, 9.17) is 16.3 Å². The van der Waals surface area contributed by atoms with Gasteiger partial charge in [-0.1, -0.05) is 17.7 Å². The predicted molar refractivity (Wildman–Crippen MR) is 82.6 cm³/mol. The van der Waals surface area contributed by atoms with Crippen LogP contribution in [0.4, 0.5) is 4.39 Å². The molecule has 23 heavy (non-hydrogen) atoms. The zero-order chi connectivity index (χ0) is 16.4. The van der Waals surface area contributed by atoms with Crippen molar-refractivity contribution in [2.45, 2.75) is 6.61 Å². The van der Waals surface area contributed by atoms with Crippen LogP contribution in [0.25, 0.3) is 5.52 Å². The molecular weight excluding hydrogens is 319 g/mol. The monoisotopic (exact) mass is 328 g/mol. The van der Waals surface area contributed by atoms with E-state index in [-0.39, 0.29) is 17.2 Å². The summed E-state index contributed by atoms with van der Waals surface area (Å²) in [7, 11) is 0. The predicted octanol–water partition coefficient (Wildman–Crippen LogP) is 3.96. The molecule has 0 N–H and O–H groups in total. The molecule has 0 spiro atoms.